The van der Waals surface area contributed by atoms with Crippen molar-refractivity contribution in [3.8, 4) is 22.8 Å². The molecule has 0 spiro atoms. The Morgan fingerprint density at radius 2 is 2.33 bits per heavy atom. The predicted molar refractivity (Wildman–Crippen MR) is 52.8 cm³/mol. The summed E-state index contributed by atoms with van der Waals surface area (Å²) < 4.78 is 15.8. The van der Waals surface area contributed by atoms with E-state index in [2.05, 4.69) is 5.16 Å². The molecule has 0 bridgehead atoms. The van der Waals surface area contributed by atoms with E-state index in [1.54, 1.807) is 13.4 Å². The van der Waals surface area contributed by atoms with Crippen LogP contribution in [0.1, 0.15) is 5.56 Å². The van der Waals surface area contributed by atoms with E-state index in [0.717, 1.165) is 28.3 Å². The van der Waals surface area contributed by atoms with E-state index in [1.807, 2.05) is 18.2 Å². The second-order valence-corrected chi connectivity index (χ2v) is 3.31. The van der Waals surface area contributed by atoms with Gasteiger partial charge in [-0.05, 0) is 12.1 Å². The van der Waals surface area contributed by atoms with Crippen molar-refractivity contribution in [2.24, 2.45) is 0 Å². The van der Waals surface area contributed by atoms with Crippen molar-refractivity contribution >= 4 is 0 Å². The van der Waals surface area contributed by atoms with Gasteiger partial charge in [-0.2, -0.15) is 0 Å². The molecule has 0 unspecified atom stereocenters. The molecule has 1 aromatic heterocycles. The minimum absolute atomic E-state index is 0.478. The lowest BCUT2D eigenvalue weighted by Crippen LogP contribution is -2.05. The summed E-state index contributed by atoms with van der Waals surface area (Å²) in [5.41, 5.74) is 2.73. The van der Waals surface area contributed by atoms with Gasteiger partial charge in [-0.1, -0.05) is 11.2 Å². The molecule has 3 rings (SSSR count). The molecule has 0 saturated heterocycles. The molecule has 0 fully saturated rings. The van der Waals surface area contributed by atoms with Crippen LogP contribution in [0.5, 0.6) is 11.5 Å². The lowest BCUT2D eigenvalue weighted by molar-refractivity contribution is 0.280. The summed E-state index contributed by atoms with van der Waals surface area (Å²) in [6.07, 6.45) is 1.61. The summed E-state index contributed by atoms with van der Waals surface area (Å²) in [7, 11) is 1.62. The summed E-state index contributed by atoms with van der Waals surface area (Å²) in [6.45, 7) is 0.478. The van der Waals surface area contributed by atoms with Crippen LogP contribution in [0.25, 0.3) is 11.3 Å². The number of fused-ring (bicyclic) bond motifs is 3. The lowest BCUT2D eigenvalue weighted by Gasteiger charge is -2.17. The quantitative estimate of drug-likeness (QED) is 0.713. The Morgan fingerprint density at radius 3 is 3.20 bits per heavy atom. The number of benzene rings is 1. The molecule has 76 valence electrons. The minimum atomic E-state index is 0.478. The molecule has 0 N–H and O–H groups in total. The maximum atomic E-state index is 5.61. The Labute approximate surface area is 86.4 Å². The molecule has 0 radical (unpaired) electrons. The van der Waals surface area contributed by atoms with Gasteiger partial charge in [0.2, 0.25) is 0 Å². The lowest BCUT2D eigenvalue weighted by atomic mass is 10.0. The molecule has 1 aliphatic rings. The van der Waals surface area contributed by atoms with E-state index in [1.165, 1.54) is 0 Å². The Kier molecular flexibility index (Phi) is 1.68. The maximum absolute atomic E-state index is 5.61. The molecule has 15 heavy (non-hydrogen) atoms. The summed E-state index contributed by atoms with van der Waals surface area (Å²) in [5, 5.41) is 3.96. The van der Waals surface area contributed by atoms with Crippen molar-refractivity contribution in [3.05, 3.63) is 30.0 Å². The predicted octanol–water partition coefficient (Wildman–Crippen LogP) is 2.24. The van der Waals surface area contributed by atoms with Crippen molar-refractivity contribution in [2.75, 3.05) is 7.11 Å². The minimum Gasteiger partial charge on any atom is -0.493 e. The number of rotatable bonds is 1. The number of ether oxygens (including phenoxy) is 2. The van der Waals surface area contributed by atoms with Crippen molar-refractivity contribution < 1.29 is 14.0 Å². The summed E-state index contributed by atoms with van der Waals surface area (Å²) in [6, 6.07) is 5.72. The Hall–Kier alpha value is -1.97. The van der Waals surface area contributed by atoms with Gasteiger partial charge < -0.3 is 14.0 Å². The van der Waals surface area contributed by atoms with Gasteiger partial charge in [-0.15, -0.1) is 0 Å². The molecule has 2 heterocycles. The summed E-state index contributed by atoms with van der Waals surface area (Å²) in [4.78, 5) is 0. The first-order chi connectivity index (χ1) is 7.40. The van der Waals surface area contributed by atoms with Gasteiger partial charge in [0.1, 0.15) is 18.6 Å². The van der Waals surface area contributed by atoms with Crippen LogP contribution in [0.15, 0.2) is 29.0 Å². The van der Waals surface area contributed by atoms with Crippen molar-refractivity contribution in [1.29, 1.82) is 0 Å². The number of hydrogen-bond donors (Lipinski definition) is 0. The zero-order valence-corrected chi connectivity index (χ0v) is 8.19. The topological polar surface area (TPSA) is 44.5 Å². The molecule has 0 aliphatic carbocycles. The number of hydrogen-bond acceptors (Lipinski definition) is 4. The largest absolute Gasteiger partial charge is 0.493 e. The van der Waals surface area contributed by atoms with Crippen molar-refractivity contribution in [2.45, 2.75) is 6.61 Å². The van der Waals surface area contributed by atoms with Gasteiger partial charge in [-0.3, -0.25) is 0 Å². The average Bonchev–Trinajstić information content (AvgIpc) is 2.76. The van der Waals surface area contributed by atoms with Crippen LogP contribution in [-0.2, 0) is 6.61 Å². The Morgan fingerprint density at radius 1 is 1.40 bits per heavy atom. The second-order valence-electron chi connectivity index (χ2n) is 3.31. The van der Waals surface area contributed by atoms with Crippen LogP contribution in [0, 0.1) is 0 Å². The van der Waals surface area contributed by atoms with Crippen LogP contribution >= 0.6 is 0 Å². The van der Waals surface area contributed by atoms with E-state index >= 15 is 0 Å². The highest BCUT2D eigenvalue weighted by Crippen LogP contribution is 2.42. The van der Waals surface area contributed by atoms with E-state index in [4.69, 9.17) is 14.0 Å². The first kappa shape index (κ1) is 8.35. The third-order valence-electron chi connectivity index (χ3n) is 2.47. The van der Waals surface area contributed by atoms with Gasteiger partial charge in [0.15, 0.2) is 11.5 Å². The number of para-hydroxylation sites is 1. The molecule has 0 atom stereocenters. The van der Waals surface area contributed by atoms with Crippen LogP contribution in [0.4, 0.5) is 0 Å². The fourth-order valence-electron chi connectivity index (χ4n) is 1.74. The highest BCUT2D eigenvalue weighted by Gasteiger charge is 2.23. The number of methoxy groups -OCH3 is 1. The molecule has 0 saturated carbocycles. The molecular weight excluding hydrogens is 194 g/mol. The second kappa shape index (κ2) is 3.02. The van der Waals surface area contributed by atoms with Gasteiger partial charge in [-0.25, -0.2) is 0 Å². The zero-order valence-electron chi connectivity index (χ0n) is 8.19. The maximum Gasteiger partial charge on any atom is 0.171 e. The van der Waals surface area contributed by atoms with Crippen LogP contribution in [0.3, 0.4) is 0 Å². The van der Waals surface area contributed by atoms with Crippen LogP contribution < -0.4 is 9.47 Å². The fourth-order valence-corrected chi connectivity index (χ4v) is 1.74. The average molecular weight is 203 g/mol. The Balaban J connectivity index is 2.25. The molecule has 1 aliphatic heterocycles. The van der Waals surface area contributed by atoms with Gasteiger partial charge in [0, 0.05) is 0 Å². The first-order valence-electron chi connectivity index (χ1n) is 4.63. The molecule has 4 heteroatoms. The SMILES string of the molecule is COc1cccc2c1OCc1conc1-2. The van der Waals surface area contributed by atoms with E-state index < -0.39 is 0 Å². The van der Waals surface area contributed by atoms with Crippen molar-refractivity contribution in [3.63, 3.8) is 0 Å². The monoisotopic (exact) mass is 203 g/mol. The smallest absolute Gasteiger partial charge is 0.171 e. The Bertz CT molecular complexity index is 504. The van der Waals surface area contributed by atoms with Gasteiger partial charge >= 0.3 is 0 Å². The van der Waals surface area contributed by atoms with E-state index in [-0.39, 0.29) is 0 Å². The molecule has 0 amide bonds. The third-order valence-corrected chi connectivity index (χ3v) is 2.47. The summed E-state index contributed by atoms with van der Waals surface area (Å²) >= 11 is 0. The van der Waals surface area contributed by atoms with E-state index in [9.17, 15) is 0 Å². The number of aromatic nitrogens is 1. The first-order valence-corrected chi connectivity index (χ1v) is 4.63. The number of nitrogens with zero attached hydrogens (tertiary/aromatic N) is 1. The highest BCUT2D eigenvalue weighted by atomic mass is 16.5. The fraction of sp³-hybridized carbons (Fsp3) is 0.182. The van der Waals surface area contributed by atoms with E-state index in [0.29, 0.717) is 6.61 Å². The normalized spacial score (nSPS) is 12.6. The van der Waals surface area contributed by atoms with Crippen LogP contribution in [-0.4, -0.2) is 12.3 Å². The standard InChI is InChI=1S/C11H9NO3/c1-13-9-4-2-3-8-10-7(6-15-12-10)5-14-11(8)9/h2-4,6H,5H2,1H3. The molecule has 1 aromatic carbocycles. The van der Waals surface area contributed by atoms with Crippen molar-refractivity contribution in [1.82, 2.24) is 5.16 Å². The summed E-state index contributed by atoms with van der Waals surface area (Å²) in [5.74, 6) is 1.46. The molecular formula is C11H9NO3. The van der Waals surface area contributed by atoms with Gasteiger partial charge in [0.05, 0.1) is 18.2 Å². The van der Waals surface area contributed by atoms with Crippen LogP contribution in [0.2, 0.25) is 0 Å². The molecule has 4 nitrogen and oxygen atoms in total. The molecule has 2 aromatic rings. The zero-order chi connectivity index (χ0) is 10.3. The highest BCUT2D eigenvalue weighted by molar-refractivity contribution is 5.74. The van der Waals surface area contributed by atoms with Gasteiger partial charge in [0.25, 0.3) is 0 Å². The third kappa shape index (κ3) is 1.11.